The van der Waals surface area contributed by atoms with Crippen molar-refractivity contribution in [1.29, 1.82) is 0 Å². The van der Waals surface area contributed by atoms with E-state index in [2.05, 4.69) is 78.3 Å². The molecule has 0 saturated carbocycles. The molecule has 3 aromatic carbocycles. The summed E-state index contributed by atoms with van der Waals surface area (Å²) in [5.41, 5.74) is 4.43. The number of hydrogen-bond acceptors (Lipinski definition) is 6. The Morgan fingerprint density at radius 3 is 2.44 bits per heavy atom. The first-order valence-corrected chi connectivity index (χ1v) is 13.7. The maximum Gasteiger partial charge on any atom is 0.281 e. The number of nitro benzene ring substituents is 1. The molecule has 4 rings (SSSR count). The molecule has 0 bridgehead atoms. The number of fused-ring (bicyclic) bond motifs is 1. The minimum Gasteiger partial charge on any atom is -0.487 e. The summed E-state index contributed by atoms with van der Waals surface area (Å²) in [7, 11) is 0. The first-order valence-electron chi connectivity index (χ1n) is 9.68. The second-order valence-corrected chi connectivity index (χ2v) is 11.7. The van der Waals surface area contributed by atoms with E-state index >= 15 is 0 Å². The minimum absolute atomic E-state index is 0.00884. The largest absolute Gasteiger partial charge is 0.487 e. The average Bonchev–Trinajstić information content (AvgIpc) is 3.23. The molecule has 0 radical (unpaired) electrons. The van der Waals surface area contributed by atoms with Crippen LogP contribution in [0.2, 0.25) is 0 Å². The van der Waals surface area contributed by atoms with Gasteiger partial charge in [0.2, 0.25) is 0 Å². The fourth-order valence-electron chi connectivity index (χ4n) is 3.00. The predicted molar refractivity (Wildman–Crippen MR) is 159 cm³/mol. The highest BCUT2D eigenvalue weighted by atomic mass is 127. The Morgan fingerprint density at radius 2 is 1.76 bits per heavy atom. The number of rotatable bonds is 7. The van der Waals surface area contributed by atoms with Crippen LogP contribution in [0.3, 0.4) is 0 Å². The molecule has 4 aromatic rings. The molecule has 0 aliphatic heterocycles. The quantitative estimate of drug-likeness (QED) is 0.0946. The molecule has 0 aliphatic carbocycles. The molecule has 0 aliphatic rings. The van der Waals surface area contributed by atoms with Gasteiger partial charge in [0.15, 0.2) is 0 Å². The summed E-state index contributed by atoms with van der Waals surface area (Å²) in [5, 5.41) is 15.7. The van der Waals surface area contributed by atoms with Crippen LogP contribution in [-0.4, -0.2) is 17.0 Å². The van der Waals surface area contributed by atoms with Gasteiger partial charge in [-0.05, 0) is 115 Å². The summed E-state index contributed by atoms with van der Waals surface area (Å²) >= 11 is 7.97. The molecule has 1 heterocycles. The SMILES string of the molecule is O=C(N/N=C\c1cc(I)c(OCc2ccc(I)cc2)c(I)c1)c1cc2cc([N+](=O)[O-])ccc2s1. The number of benzene rings is 3. The van der Waals surface area contributed by atoms with Crippen molar-refractivity contribution >= 4 is 107 Å². The average molecular weight is 809 g/mol. The van der Waals surface area contributed by atoms with E-state index in [9.17, 15) is 14.9 Å². The Morgan fingerprint density at radius 1 is 1.06 bits per heavy atom. The van der Waals surface area contributed by atoms with Crippen molar-refractivity contribution in [3.8, 4) is 5.75 Å². The van der Waals surface area contributed by atoms with Crippen LogP contribution in [-0.2, 0) is 6.61 Å². The number of halogens is 3. The molecule has 172 valence electrons. The van der Waals surface area contributed by atoms with E-state index in [0.717, 1.165) is 28.7 Å². The van der Waals surface area contributed by atoms with Crippen molar-refractivity contribution in [2.24, 2.45) is 5.10 Å². The van der Waals surface area contributed by atoms with Gasteiger partial charge in [0.05, 0.1) is 23.2 Å². The van der Waals surface area contributed by atoms with Crippen LogP contribution in [0.25, 0.3) is 10.1 Å². The summed E-state index contributed by atoms with van der Waals surface area (Å²) in [4.78, 5) is 23.4. The summed E-state index contributed by atoms with van der Waals surface area (Å²) < 4.78 is 9.88. The summed E-state index contributed by atoms with van der Waals surface area (Å²) in [6.07, 6.45) is 1.57. The molecular weight excluding hydrogens is 795 g/mol. The molecule has 34 heavy (non-hydrogen) atoms. The standard InChI is InChI=1S/C23H14I3N3O4S/c24-16-3-1-13(2-4-16)12-33-22-18(25)7-14(8-19(22)26)11-27-28-23(30)21-10-15-9-17(29(31)32)5-6-20(15)34-21/h1-11H,12H2,(H,28,30)/b27-11-. The maximum absolute atomic E-state index is 12.5. The molecule has 0 spiro atoms. The van der Waals surface area contributed by atoms with Crippen LogP contribution in [0.1, 0.15) is 20.8 Å². The summed E-state index contributed by atoms with van der Waals surface area (Å²) in [6.45, 7) is 0.477. The Kier molecular flexibility index (Phi) is 8.36. The molecule has 7 nitrogen and oxygen atoms in total. The van der Waals surface area contributed by atoms with E-state index in [1.807, 2.05) is 36.4 Å². The van der Waals surface area contributed by atoms with Crippen molar-refractivity contribution in [1.82, 2.24) is 5.43 Å². The molecule has 0 saturated heterocycles. The number of nitro groups is 1. The number of hydrogen-bond donors (Lipinski definition) is 1. The van der Waals surface area contributed by atoms with E-state index in [1.54, 1.807) is 18.3 Å². The van der Waals surface area contributed by atoms with Crippen molar-refractivity contribution in [2.75, 3.05) is 0 Å². The molecule has 11 heteroatoms. The number of carbonyl (C=O) groups is 1. The van der Waals surface area contributed by atoms with Crippen LogP contribution in [0, 0.1) is 20.8 Å². The summed E-state index contributed by atoms with van der Waals surface area (Å²) in [5.74, 6) is 0.433. The monoisotopic (exact) mass is 809 g/mol. The second kappa shape index (κ2) is 11.3. The molecule has 1 aromatic heterocycles. The van der Waals surface area contributed by atoms with Crippen molar-refractivity contribution < 1.29 is 14.5 Å². The first kappa shape index (κ1) is 25.2. The van der Waals surface area contributed by atoms with Gasteiger partial charge in [0.25, 0.3) is 11.6 Å². The van der Waals surface area contributed by atoms with Crippen LogP contribution >= 0.6 is 79.1 Å². The topological polar surface area (TPSA) is 93.8 Å². The van der Waals surface area contributed by atoms with E-state index < -0.39 is 4.92 Å². The molecule has 1 N–H and O–H groups in total. The fourth-order valence-corrected chi connectivity index (χ4v) is 6.43. The third-order valence-corrected chi connectivity index (χ3v) is 8.07. The van der Waals surface area contributed by atoms with Gasteiger partial charge in [-0.25, -0.2) is 5.43 Å². The van der Waals surface area contributed by atoms with Gasteiger partial charge in [0, 0.05) is 25.8 Å². The van der Waals surface area contributed by atoms with Gasteiger partial charge in [-0.3, -0.25) is 14.9 Å². The number of hydrazone groups is 1. The summed E-state index contributed by atoms with van der Waals surface area (Å²) in [6, 6.07) is 18.2. The smallest absolute Gasteiger partial charge is 0.281 e. The number of nitrogens with zero attached hydrogens (tertiary/aromatic N) is 2. The molecule has 0 atom stereocenters. The van der Waals surface area contributed by atoms with E-state index in [4.69, 9.17) is 4.74 Å². The number of amides is 1. The number of carbonyl (C=O) groups excluding carboxylic acids is 1. The van der Waals surface area contributed by atoms with E-state index in [-0.39, 0.29) is 11.6 Å². The van der Waals surface area contributed by atoms with Gasteiger partial charge in [0.1, 0.15) is 12.4 Å². The molecule has 0 fully saturated rings. The number of thiophene rings is 1. The van der Waals surface area contributed by atoms with Crippen LogP contribution in [0.4, 0.5) is 5.69 Å². The Balaban J connectivity index is 1.41. The van der Waals surface area contributed by atoms with Gasteiger partial charge >= 0.3 is 0 Å². The van der Waals surface area contributed by atoms with Crippen LogP contribution in [0.5, 0.6) is 5.75 Å². The minimum atomic E-state index is -0.456. The van der Waals surface area contributed by atoms with Gasteiger partial charge in [-0.1, -0.05) is 12.1 Å². The molecule has 0 unspecified atom stereocenters. The zero-order chi connectivity index (χ0) is 24.2. The molecular formula is C23H14I3N3O4S. The highest BCUT2D eigenvalue weighted by Gasteiger charge is 2.13. The first-order chi connectivity index (χ1) is 16.3. The zero-order valence-corrected chi connectivity index (χ0v) is 24.4. The maximum atomic E-state index is 12.5. The fraction of sp³-hybridized carbons (Fsp3) is 0.0435. The van der Waals surface area contributed by atoms with Crippen LogP contribution < -0.4 is 10.2 Å². The lowest BCUT2D eigenvalue weighted by molar-refractivity contribution is -0.384. The van der Waals surface area contributed by atoms with Crippen molar-refractivity contribution in [3.05, 3.63) is 97.5 Å². The zero-order valence-electron chi connectivity index (χ0n) is 17.1. The van der Waals surface area contributed by atoms with E-state index in [1.165, 1.54) is 27.0 Å². The lowest BCUT2D eigenvalue weighted by Gasteiger charge is -2.11. The Labute approximate surface area is 239 Å². The number of ether oxygens (including phenoxy) is 1. The van der Waals surface area contributed by atoms with Gasteiger partial charge in [-0.2, -0.15) is 5.10 Å². The normalized spacial score (nSPS) is 11.1. The highest BCUT2D eigenvalue weighted by molar-refractivity contribution is 14.1. The highest BCUT2D eigenvalue weighted by Crippen LogP contribution is 2.30. The molecule has 1 amide bonds. The lowest BCUT2D eigenvalue weighted by Crippen LogP contribution is -2.16. The van der Waals surface area contributed by atoms with Crippen molar-refractivity contribution in [2.45, 2.75) is 6.61 Å². The van der Waals surface area contributed by atoms with Gasteiger partial charge < -0.3 is 4.74 Å². The predicted octanol–water partition coefficient (Wildman–Crippen LogP) is 6.97. The van der Waals surface area contributed by atoms with Gasteiger partial charge in [-0.15, -0.1) is 11.3 Å². The number of nitrogens with one attached hydrogen (secondary N) is 1. The third-order valence-electron chi connectivity index (χ3n) is 4.63. The lowest BCUT2D eigenvalue weighted by atomic mass is 10.2. The van der Waals surface area contributed by atoms with Crippen LogP contribution in [0.15, 0.2) is 65.8 Å². The van der Waals surface area contributed by atoms with E-state index in [0.29, 0.717) is 16.9 Å². The Hall–Kier alpha value is -1.85. The second-order valence-electron chi connectivity index (χ2n) is 7.02. The number of non-ortho nitro benzene ring substituents is 1. The Bertz CT molecular complexity index is 1400. The van der Waals surface area contributed by atoms with Crippen molar-refractivity contribution in [3.63, 3.8) is 0 Å². The third kappa shape index (κ3) is 6.23.